The first-order chi connectivity index (χ1) is 4.20. The van der Waals surface area contributed by atoms with Gasteiger partial charge in [0.2, 0.25) is 0 Å². The van der Waals surface area contributed by atoms with Crippen LogP contribution in [0.25, 0.3) is 0 Å². The Morgan fingerprint density at radius 3 is 2.67 bits per heavy atom. The summed E-state index contributed by atoms with van der Waals surface area (Å²) in [6.45, 7) is 3.38. The van der Waals surface area contributed by atoms with Crippen LogP contribution in [0, 0.1) is 0 Å². The predicted molar refractivity (Wildman–Crippen MR) is 37.0 cm³/mol. The molecule has 0 heterocycles. The number of carboxylic acid groups (broad SMARTS) is 1. The quantitative estimate of drug-likeness (QED) is 0.474. The van der Waals surface area contributed by atoms with Crippen molar-refractivity contribution >= 4 is 15.4 Å². The van der Waals surface area contributed by atoms with E-state index >= 15 is 0 Å². The van der Waals surface area contributed by atoms with Crippen molar-refractivity contribution < 1.29 is 14.4 Å². The molecule has 0 radical (unpaired) electrons. The Bertz CT molecular complexity index is 113. The van der Waals surface area contributed by atoms with Crippen molar-refractivity contribution in [2.45, 2.75) is 12.5 Å². The molecule has 0 aromatic rings. The molecule has 52 valence electrons. The molecule has 0 saturated carbocycles. The van der Waals surface area contributed by atoms with Gasteiger partial charge in [0.05, 0.1) is 12.5 Å². The van der Waals surface area contributed by atoms with E-state index in [0.717, 1.165) is 0 Å². The first kappa shape index (κ1) is 8.60. The monoisotopic (exact) mass is 148 g/mol. The number of carbonyl (C=O) groups is 1. The lowest BCUT2D eigenvalue weighted by Gasteiger charge is -2.04. The Balaban J connectivity index is 3.55. The molecule has 4 heteroatoms. The number of hydrogen-bond acceptors (Lipinski definition) is 2. The maximum absolute atomic E-state index is 9.99. The van der Waals surface area contributed by atoms with Crippen molar-refractivity contribution in [3.05, 3.63) is 12.7 Å². The molecule has 2 atom stereocenters. The van der Waals surface area contributed by atoms with Gasteiger partial charge in [0.15, 0.2) is 0 Å². The largest absolute Gasteiger partial charge is 0.481 e. The number of hydrogen-bond donors (Lipinski definition) is 1. The third-order valence-electron chi connectivity index (χ3n) is 0.813. The van der Waals surface area contributed by atoms with Crippen LogP contribution in [-0.2, 0) is 9.32 Å². The van der Waals surface area contributed by atoms with Crippen LogP contribution < -0.4 is 0 Å². The van der Waals surface area contributed by atoms with Crippen LogP contribution in [0.3, 0.4) is 0 Å². The van der Waals surface area contributed by atoms with Crippen molar-refractivity contribution in [2.24, 2.45) is 0 Å². The highest BCUT2D eigenvalue weighted by atomic mass is 31.0. The van der Waals surface area contributed by atoms with Gasteiger partial charge in [0.1, 0.15) is 0 Å². The summed E-state index contributed by atoms with van der Waals surface area (Å²) in [7, 11) is 1.99. The summed E-state index contributed by atoms with van der Waals surface area (Å²) in [4.78, 5) is 9.99. The molecule has 0 aromatic heterocycles. The van der Waals surface area contributed by atoms with Gasteiger partial charge in [0, 0.05) is 9.47 Å². The average molecular weight is 148 g/mol. The van der Waals surface area contributed by atoms with Crippen LogP contribution in [-0.4, -0.2) is 17.2 Å². The second kappa shape index (κ2) is 4.48. The van der Waals surface area contributed by atoms with E-state index in [-0.39, 0.29) is 6.42 Å². The van der Waals surface area contributed by atoms with Gasteiger partial charge in [-0.2, -0.15) is 0 Å². The Morgan fingerprint density at radius 2 is 2.56 bits per heavy atom. The Kier molecular flexibility index (Phi) is 4.28. The highest BCUT2D eigenvalue weighted by molar-refractivity contribution is 7.09. The fourth-order valence-electron chi connectivity index (χ4n) is 0.359. The zero-order valence-electron chi connectivity index (χ0n) is 4.91. The second-order valence-corrected chi connectivity index (χ2v) is 1.78. The van der Waals surface area contributed by atoms with E-state index in [1.165, 1.54) is 6.08 Å². The standard InChI is InChI=1S/C5H9O3P/c1-2-4(8-9)3-5(6)7/h2,4H,1,3,9H2,(H,6,7). The van der Waals surface area contributed by atoms with E-state index in [2.05, 4.69) is 11.1 Å². The van der Waals surface area contributed by atoms with Crippen LogP contribution in [0.2, 0.25) is 0 Å². The topological polar surface area (TPSA) is 46.5 Å². The van der Waals surface area contributed by atoms with Crippen molar-refractivity contribution in [1.29, 1.82) is 0 Å². The summed E-state index contributed by atoms with van der Waals surface area (Å²) in [6.07, 6.45) is 1.01. The van der Waals surface area contributed by atoms with E-state index in [1.807, 2.05) is 9.47 Å². The van der Waals surface area contributed by atoms with E-state index in [9.17, 15) is 4.79 Å². The molecule has 0 aromatic carbocycles. The molecule has 9 heavy (non-hydrogen) atoms. The van der Waals surface area contributed by atoms with Gasteiger partial charge in [0.25, 0.3) is 0 Å². The molecule has 3 nitrogen and oxygen atoms in total. The third-order valence-corrected chi connectivity index (χ3v) is 1.16. The molecular weight excluding hydrogens is 139 g/mol. The van der Waals surface area contributed by atoms with Gasteiger partial charge < -0.3 is 9.63 Å². The molecule has 0 spiro atoms. The zero-order chi connectivity index (χ0) is 7.28. The van der Waals surface area contributed by atoms with Gasteiger partial charge in [-0.15, -0.1) is 6.58 Å². The van der Waals surface area contributed by atoms with E-state index in [4.69, 9.17) is 5.11 Å². The van der Waals surface area contributed by atoms with E-state index in [0.29, 0.717) is 0 Å². The Labute approximate surface area is 56.0 Å². The lowest BCUT2D eigenvalue weighted by Crippen LogP contribution is -2.09. The average Bonchev–Trinajstić information content (AvgIpc) is 1.82. The summed E-state index contributed by atoms with van der Waals surface area (Å²) in [5, 5.41) is 8.21. The first-order valence-electron chi connectivity index (χ1n) is 2.40. The maximum Gasteiger partial charge on any atom is 0.306 e. The normalized spacial score (nSPS) is 12.6. The second-order valence-electron chi connectivity index (χ2n) is 1.51. The highest BCUT2D eigenvalue weighted by Crippen LogP contribution is 2.03. The lowest BCUT2D eigenvalue weighted by molar-refractivity contribution is -0.138. The van der Waals surface area contributed by atoms with Crippen LogP contribution in [0.15, 0.2) is 12.7 Å². The molecule has 0 aliphatic rings. The molecule has 1 N–H and O–H groups in total. The van der Waals surface area contributed by atoms with Gasteiger partial charge in [-0.05, 0) is 0 Å². The van der Waals surface area contributed by atoms with Crippen LogP contribution in [0.1, 0.15) is 6.42 Å². The van der Waals surface area contributed by atoms with Crippen LogP contribution in [0.5, 0.6) is 0 Å². The van der Waals surface area contributed by atoms with Crippen molar-refractivity contribution in [2.75, 3.05) is 0 Å². The van der Waals surface area contributed by atoms with Crippen molar-refractivity contribution in [1.82, 2.24) is 0 Å². The smallest absolute Gasteiger partial charge is 0.306 e. The summed E-state index contributed by atoms with van der Waals surface area (Å²) >= 11 is 0. The van der Waals surface area contributed by atoms with Gasteiger partial charge in [-0.1, -0.05) is 6.08 Å². The first-order valence-corrected chi connectivity index (χ1v) is 2.87. The van der Waals surface area contributed by atoms with Gasteiger partial charge in [-0.25, -0.2) is 0 Å². The van der Waals surface area contributed by atoms with Crippen LogP contribution in [0.4, 0.5) is 0 Å². The SMILES string of the molecule is C=CC(CC(=O)O)OP. The lowest BCUT2D eigenvalue weighted by atomic mass is 10.2. The van der Waals surface area contributed by atoms with Crippen LogP contribution >= 0.6 is 9.47 Å². The Morgan fingerprint density at radius 1 is 2.00 bits per heavy atom. The Hall–Kier alpha value is -0.400. The van der Waals surface area contributed by atoms with E-state index in [1.54, 1.807) is 0 Å². The minimum absolute atomic E-state index is 0.0347. The molecular formula is C5H9O3P. The zero-order valence-corrected chi connectivity index (χ0v) is 6.06. The minimum atomic E-state index is -0.887. The summed E-state index contributed by atoms with van der Waals surface area (Å²) in [5.74, 6) is -0.887. The van der Waals surface area contributed by atoms with Gasteiger partial charge >= 0.3 is 5.97 Å². The molecule has 0 aliphatic carbocycles. The predicted octanol–water partition coefficient (Wildman–Crippen LogP) is 0.822. The summed E-state index contributed by atoms with van der Waals surface area (Å²) in [6, 6.07) is 0. The minimum Gasteiger partial charge on any atom is -0.481 e. The summed E-state index contributed by atoms with van der Waals surface area (Å²) in [5.41, 5.74) is 0. The highest BCUT2D eigenvalue weighted by Gasteiger charge is 2.06. The fourth-order valence-corrected chi connectivity index (χ4v) is 0.566. The number of rotatable bonds is 4. The maximum atomic E-state index is 9.99. The molecule has 0 bridgehead atoms. The van der Waals surface area contributed by atoms with Crippen molar-refractivity contribution in [3.8, 4) is 0 Å². The molecule has 0 aliphatic heterocycles. The summed E-state index contributed by atoms with van der Waals surface area (Å²) < 4.78 is 4.63. The molecule has 0 rings (SSSR count). The molecule has 0 fully saturated rings. The third kappa shape index (κ3) is 4.13. The molecule has 0 saturated heterocycles. The molecule has 2 unspecified atom stereocenters. The van der Waals surface area contributed by atoms with E-state index < -0.39 is 12.1 Å². The van der Waals surface area contributed by atoms with Crippen molar-refractivity contribution in [3.63, 3.8) is 0 Å². The fraction of sp³-hybridized carbons (Fsp3) is 0.400. The number of aliphatic carboxylic acids is 1. The van der Waals surface area contributed by atoms with Gasteiger partial charge in [-0.3, -0.25) is 4.79 Å². The number of carboxylic acids is 1. The molecule has 0 amide bonds.